The van der Waals surface area contributed by atoms with Gasteiger partial charge in [0.15, 0.2) is 11.5 Å². The molecule has 32 heavy (non-hydrogen) atoms. The first-order valence-electron chi connectivity index (χ1n) is 10.2. The van der Waals surface area contributed by atoms with Crippen molar-refractivity contribution in [1.82, 2.24) is 4.98 Å². The van der Waals surface area contributed by atoms with E-state index in [4.69, 9.17) is 14.2 Å². The van der Waals surface area contributed by atoms with Crippen molar-refractivity contribution in [1.29, 1.82) is 0 Å². The Morgan fingerprint density at radius 1 is 1.16 bits per heavy atom. The summed E-state index contributed by atoms with van der Waals surface area (Å²) in [5.74, 6) is -0.265. The molecule has 1 aliphatic heterocycles. The lowest BCUT2D eigenvalue weighted by atomic mass is 10.1. The fraction of sp³-hybridized carbons (Fsp3) is 0.250. The Kier molecular flexibility index (Phi) is 6.51. The average Bonchev–Trinajstić information content (AvgIpc) is 3.31. The average molecular weight is 438 g/mol. The number of methoxy groups -OCH3 is 1. The number of anilines is 2. The molecule has 0 radical (unpaired) electrons. The van der Waals surface area contributed by atoms with Crippen LogP contribution >= 0.6 is 0 Å². The van der Waals surface area contributed by atoms with E-state index in [1.54, 1.807) is 25.4 Å². The Hall–Kier alpha value is -3.65. The third kappa shape index (κ3) is 4.97. The van der Waals surface area contributed by atoms with Crippen LogP contribution in [0.2, 0.25) is 0 Å². The summed E-state index contributed by atoms with van der Waals surface area (Å²) in [7, 11) is 1.58. The van der Waals surface area contributed by atoms with Crippen molar-refractivity contribution in [2.75, 3.05) is 25.2 Å². The van der Waals surface area contributed by atoms with Crippen LogP contribution in [0.1, 0.15) is 22.3 Å². The molecule has 3 aromatic rings. The van der Waals surface area contributed by atoms with Gasteiger partial charge in [0, 0.05) is 36.6 Å². The van der Waals surface area contributed by atoms with Gasteiger partial charge in [-0.05, 0) is 48.0 Å². The van der Waals surface area contributed by atoms with E-state index < -0.39 is 11.8 Å². The van der Waals surface area contributed by atoms with Crippen LogP contribution in [0.5, 0.6) is 11.5 Å². The predicted octanol–water partition coefficient (Wildman–Crippen LogP) is 4.43. The van der Waals surface area contributed by atoms with Crippen LogP contribution in [0.3, 0.4) is 0 Å². The number of carboxylic acid groups (broad SMARTS) is 1. The largest absolute Gasteiger partial charge is 0.493 e. The highest BCUT2D eigenvalue weighted by atomic mass is 19.1. The molecular weight excluding hydrogens is 415 g/mol. The monoisotopic (exact) mass is 438 g/mol. The van der Waals surface area contributed by atoms with Crippen LogP contribution in [0.4, 0.5) is 15.8 Å². The van der Waals surface area contributed by atoms with Gasteiger partial charge in [0.2, 0.25) is 0 Å². The molecule has 1 aromatic heterocycles. The fourth-order valence-electron chi connectivity index (χ4n) is 3.55. The predicted molar refractivity (Wildman–Crippen MR) is 116 cm³/mol. The Labute approximate surface area is 185 Å². The molecule has 1 N–H and O–H groups in total. The SMILES string of the molecule is COc1ccc(N(Cc2cncc(F)c2)c2ccc(C(=O)O)cc2)cc1O[C@@H]1CCOC1. The molecule has 2 heterocycles. The van der Waals surface area contributed by atoms with E-state index in [0.717, 1.165) is 24.0 Å². The number of aromatic carboxylic acids is 1. The minimum atomic E-state index is -1.00. The lowest BCUT2D eigenvalue weighted by Gasteiger charge is -2.26. The van der Waals surface area contributed by atoms with Gasteiger partial charge in [0.05, 0.1) is 32.1 Å². The maximum absolute atomic E-state index is 13.8. The number of ether oxygens (including phenoxy) is 3. The first kappa shape index (κ1) is 21.6. The van der Waals surface area contributed by atoms with E-state index in [1.165, 1.54) is 18.2 Å². The number of carbonyl (C=O) groups is 1. The van der Waals surface area contributed by atoms with Crippen LogP contribution in [-0.2, 0) is 11.3 Å². The standard InChI is InChI=1S/C24H23FN2O5/c1-30-22-7-6-20(11-23(22)32-21-8-9-31-15-21)27(14-16-10-18(25)13-26-12-16)19-4-2-17(3-5-19)24(28)29/h2-7,10-13,21H,8-9,14-15H2,1H3,(H,28,29)/t21-/m1/s1. The lowest BCUT2D eigenvalue weighted by molar-refractivity contribution is 0.0697. The number of hydrogen-bond acceptors (Lipinski definition) is 6. The summed E-state index contributed by atoms with van der Waals surface area (Å²) in [6, 6.07) is 13.4. The molecule has 0 aliphatic carbocycles. The second-order valence-electron chi connectivity index (χ2n) is 7.39. The van der Waals surface area contributed by atoms with E-state index in [0.29, 0.717) is 36.8 Å². The zero-order chi connectivity index (χ0) is 22.5. The Balaban J connectivity index is 1.71. The number of carboxylic acids is 1. The van der Waals surface area contributed by atoms with Gasteiger partial charge < -0.3 is 24.2 Å². The summed E-state index contributed by atoms with van der Waals surface area (Å²) in [5, 5.41) is 9.22. The molecule has 166 valence electrons. The minimum Gasteiger partial charge on any atom is -0.493 e. The van der Waals surface area contributed by atoms with Crippen LogP contribution in [0.25, 0.3) is 0 Å². The Bertz CT molecular complexity index is 1080. The highest BCUT2D eigenvalue weighted by Gasteiger charge is 2.21. The van der Waals surface area contributed by atoms with Crippen molar-refractivity contribution in [3.8, 4) is 11.5 Å². The number of aromatic nitrogens is 1. The first-order valence-corrected chi connectivity index (χ1v) is 10.2. The summed E-state index contributed by atoms with van der Waals surface area (Å²) < 4.78 is 30.7. The zero-order valence-electron chi connectivity index (χ0n) is 17.5. The number of nitrogens with zero attached hydrogens (tertiary/aromatic N) is 2. The van der Waals surface area contributed by atoms with Gasteiger partial charge in [0.25, 0.3) is 0 Å². The normalized spacial score (nSPS) is 15.4. The number of hydrogen-bond donors (Lipinski definition) is 1. The van der Waals surface area contributed by atoms with Crippen molar-refractivity contribution < 1.29 is 28.5 Å². The number of halogens is 1. The van der Waals surface area contributed by atoms with E-state index in [9.17, 15) is 14.3 Å². The van der Waals surface area contributed by atoms with Crippen molar-refractivity contribution in [2.45, 2.75) is 19.1 Å². The molecule has 0 spiro atoms. The van der Waals surface area contributed by atoms with E-state index in [2.05, 4.69) is 4.98 Å². The van der Waals surface area contributed by atoms with Crippen molar-refractivity contribution in [3.05, 3.63) is 77.9 Å². The first-order chi connectivity index (χ1) is 15.5. The lowest BCUT2D eigenvalue weighted by Crippen LogP contribution is -2.19. The molecule has 1 aliphatic rings. The summed E-state index contributed by atoms with van der Waals surface area (Å²) in [5.41, 5.74) is 2.35. The molecule has 4 rings (SSSR count). The van der Waals surface area contributed by atoms with Crippen LogP contribution in [0, 0.1) is 5.82 Å². The minimum absolute atomic E-state index is 0.0603. The summed E-state index contributed by atoms with van der Waals surface area (Å²) >= 11 is 0. The van der Waals surface area contributed by atoms with Crippen LogP contribution in [0.15, 0.2) is 60.9 Å². The van der Waals surface area contributed by atoms with Gasteiger partial charge in [-0.15, -0.1) is 0 Å². The van der Waals surface area contributed by atoms with Crippen LogP contribution < -0.4 is 14.4 Å². The third-order valence-corrected chi connectivity index (χ3v) is 5.17. The molecule has 0 saturated carbocycles. The van der Waals surface area contributed by atoms with E-state index >= 15 is 0 Å². The smallest absolute Gasteiger partial charge is 0.335 e. The Morgan fingerprint density at radius 2 is 1.94 bits per heavy atom. The van der Waals surface area contributed by atoms with E-state index in [1.807, 2.05) is 23.1 Å². The number of pyridine rings is 1. The van der Waals surface area contributed by atoms with Crippen molar-refractivity contribution in [2.24, 2.45) is 0 Å². The quantitative estimate of drug-likeness (QED) is 0.557. The van der Waals surface area contributed by atoms with Gasteiger partial charge in [-0.1, -0.05) is 0 Å². The maximum atomic E-state index is 13.8. The fourth-order valence-corrected chi connectivity index (χ4v) is 3.55. The van der Waals surface area contributed by atoms with Gasteiger partial charge >= 0.3 is 5.97 Å². The molecule has 0 amide bonds. The van der Waals surface area contributed by atoms with Crippen molar-refractivity contribution in [3.63, 3.8) is 0 Å². The molecule has 7 nitrogen and oxygen atoms in total. The number of rotatable bonds is 8. The second-order valence-corrected chi connectivity index (χ2v) is 7.39. The van der Waals surface area contributed by atoms with Gasteiger partial charge in [-0.25, -0.2) is 9.18 Å². The molecule has 1 saturated heterocycles. The number of benzene rings is 2. The molecule has 2 aromatic carbocycles. The summed E-state index contributed by atoms with van der Waals surface area (Å²) in [4.78, 5) is 17.1. The van der Waals surface area contributed by atoms with Crippen LogP contribution in [-0.4, -0.2) is 42.5 Å². The second kappa shape index (κ2) is 9.65. The van der Waals surface area contributed by atoms with Gasteiger partial charge in [-0.3, -0.25) is 4.98 Å². The third-order valence-electron chi connectivity index (χ3n) is 5.17. The topological polar surface area (TPSA) is 81.1 Å². The molecule has 1 atom stereocenters. The maximum Gasteiger partial charge on any atom is 0.335 e. The molecule has 0 unspecified atom stereocenters. The summed E-state index contributed by atoms with van der Waals surface area (Å²) in [6.07, 6.45) is 3.48. The zero-order valence-corrected chi connectivity index (χ0v) is 17.5. The Morgan fingerprint density at radius 3 is 2.59 bits per heavy atom. The van der Waals surface area contributed by atoms with E-state index in [-0.39, 0.29) is 11.7 Å². The van der Waals surface area contributed by atoms with Gasteiger partial charge in [-0.2, -0.15) is 0 Å². The molecular formula is C24H23FN2O5. The van der Waals surface area contributed by atoms with Gasteiger partial charge in [0.1, 0.15) is 11.9 Å². The molecule has 8 heteroatoms. The van der Waals surface area contributed by atoms with Crippen molar-refractivity contribution >= 4 is 17.3 Å². The molecule has 1 fully saturated rings. The highest BCUT2D eigenvalue weighted by Crippen LogP contribution is 2.37. The molecule has 0 bridgehead atoms. The highest BCUT2D eigenvalue weighted by molar-refractivity contribution is 5.88. The summed E-state index contributed by atoms with van der Waals surface area (Å²) in [6.45, 7) is 1.49.